The highest BCUT2D eigenvalue weighted by atomic mass is 35.5. The van der Waals surface area contributed by atoms with Crippen molar-refractivity contribution in [1.82, 2.24) is 4.90 Å². The summed E-state index contributed by atoms with van der Waals surface area (Å²) < 4.78 is 10.5. The first kappa shape index (κ1) is 17.5. The number of carbonyl (C=O) groups is 2. The molecule has 3 rings (SSSR count). The molecule has 0 saturated carbocycles. The third-order valence-electron chi connectivity index (χ3n) is 3.95. The Labute approximate surface area is 154 Å². The molecule has 0 radical (unpaired) electrons. The van der Waals surface area contributed by atoms with Gasteiger partial charge in [0.1, 0.15) is 5.03 Å². The molecule has 0 saturated heterocycles. The van der Waals surface area contributed by atoms with Crippen molar-refractivity contribution in [3.05, 3.63) is 51.2 Å². The fourth-order valence-corrected chi connectivity index (χ4v) is 3.77. The molecule has 2 heterocycles. The summed E-state index contributed by atoms with van der Waals surface area (Å²) in [6.45, 7) is 0.248. The molecule has 0 N–H and O–H groups in total. The predicted octanol–water partition coefficient (Wildman–Crippen LogP) is 3.33. The minimum absolute atomic E-state index is 0.0141. The molecule has 0 fully saturated rings. The first-order valence-corrected chi connectivity index (χ1v) is 8.83. The molecule has 5 nitrogen and oxygen atoms in total. The highest BCUT2D eigenvalue weighted by Gasteiger charge is 2.38. The van der Waals surface area contributed by atoms with Crippen LogP contribution in [0.5, 0.6) is 11.5 Å². The van der Waals surface area contributed by atoms with E-state index < -0.39 is 5.91 Å². The lowest BCUT2D eigenvalue weighted by Gasteiger charge is -2.15. The Morgan fingerprint density at radius 3 is 2.48 bits per heavy atom. The number of methoxy groups -OCH3 is 2. The summed E-state index contributed by atoms with van der Waals surface area (Å²) in [5, 5.41) is 1.83. The van der Waals surface area contributed by atoms with Crippen LogP contribution in [0, 0.1) is 0 Å². The molecule has 7 heteroatoms. The van der Waals surface area contributed by atoms with Crippen LogP contribution in [0.1, 0.15) is 10.4 Å². The second-order valence-electron chi connectivity index (χ2n) is 5.37. The zero-order valence-electron chi connectivity index (χ0n) is 13.7. The smallest absolute Gasteiger partial charge is 0.273 e. The molecule has 130 valence electrons. The monoisotopic (exact) mass is 377 g/mol. The number of thiophene rings is 1. The highest BCUT2D eigenvalue weighted by Crippen LogP contribution is 2.34. The topological polar surface area (TPSA) is 55.8 Å². The van der Waals surface area contributed by atoms with E-state index in [0.29, 0.717) is 22.8 Å². The lowest BCUT2D eigenvalue weighted by Crippen LogP contribution is -2.33. The molecular weight excluding hydrogens is 362 g/mol. The summed E-state index contributed by atoms with van der Waals surface area (Å²) in [5.41, 5.74) is 1.22. The SMILES string of the molecule is COc1ccc(CCN2C(=O)C(Cl)=C(c3cccs3)C2=O)cc1OC. The van der Waals surface area contributed by atoms with Crippen molar-refractivity contribution in [1.29, 1.82) is 0 Å². The van der Waals surface area contributed by atoms with Crippen LogP contribution in [0.25, 0.3) is 5.57 Å². The van der Waals surface area contributed by atoms with E-state index in [4.69, 9.17) is 21.1 Å². The molecule has 0 atom stereocenters. The molecule has 2 amide bonds. The zero-order valence-corrected chi connectivity index (χ0v) is 15.3. The average Bonchev–Trinajstić information content (AvgIpc) is 3.21. The van der Waals surface area contributed by atoms with Crippen LogP contribution in [0.15, 0.2) is 40.7 Å². The van der Waals surface area contributed by atoms with Crippen molar-refractivity contribution >= 4 is 40.3 Å². The summed E-state index contributed by atoms with van der Waals surface area (Å²) in [6.07, 6.45) is 0.500. The summed E-state index contributed by atoms with van der Waals surface area (Å²) in [4.78, 5) is 26.8. The van der Waals surface area contributed by atoms with Crippen LogP contribution in [-0.4, -0.2) is 37.5 Å². The second kappa shape index (κ2) is 7.29. The minimum atomic E-state index is -0.449. The van der Waals surface area contributed by atoms with Crippen molar-refractivity contribution in [3.8, 4) is 11.5 Å². The van der Waals surface area contributed by atoms with Crippen LogP contribution >= 0.6 is 22.9 Å². The molecule has 25 heavy (non-hydrogen) atoms. The molecule has 0 unspecified atom stereocenters. The largest absolute Gasteiger partial charge is 0.493 e. The van der Waals surface area contributed by atoms with E-state index in [1.54, 1.807) is 26.4 Å². The molecule has 0 aliphatic carbocycles. The van der Waals surface area contributed by atoms with E-state index in [1.165, 1.54) is 16.2 Å². The van der Waals surface area contributed by atoms with Gasteiger partial charge in [-0.15, -0.1) is 11.3 Å². The molecular formula is C18H16ClNO4S. The number of rotatable bonds is 6. The quantitative estimate of drug-likeness (QED) is 0.724. The minimum Gasteiger partial charge on any atom is -0.493 e. The number of amides is 2. The van der Waals surface area contributed by atoms with Crippen LogP contribution in [0.3, 0.4) is 0 Å². The van der Waals surface area contributed by atoms with Gasteiger partial charge in [-0.2, -0.15) is 0 Å². The van der Waals surface area contributed by atoms with E-state index in [1.807, 2.05) is 23.6 Å². The number of halogens is 1. The first-order valence-electron chi connectivity index (χ1n) is 7.57. The van der Waals surface area contributed by atoms with Gasteiger partial charge in [-0.1, -0.05) is 23.7 Å². The first-order chi connectivity index (χ1) is 12.1. The van der Waals surface area contributed by atoms with Crippen molar-refractivity contribution in [2.24, 2.45) is 0 Å². The maximum Gasteiger partial charge on any atom is 0.273 e. The number of hydrogen-bond acceptors (Lipinski definition) is 5. The van der Waals surface area contributed by atoms with Crippen molar-refractivity contribution < 1.29 is 19.1 Å². The summed E-state index contributed by atoms with van der Waals surface area (Å²) in [7, 11) is 3.13. The Kier molecular flexibility index (Phi) is 5.11. The normalized spacial score (nSPS) is 14.4. The summed E-state index contributed by atoms with van der Waals surface area (Å²) >= 11 is 7.50. The van der Waals surface area contributed by atoms with Crippen molar-refractivity contribution in [2.45, 2.75) is 6.42 Å². The van der Waals surface area contributed by atoms with Crippen LogP contribution in [0.4, 0.5) is 0 Å². The Morgan fingerprint density at radius 1 is 1.08 bits per heavy atom. The highest BCUT2D eigenvalue weighted by molar-refractivity contribution is 7.11. The number of nitrogens with zero attached hydrogens (tertiary/aromatic N) is 1. The van der Waals surface area contributed by atoms with Crippen molar-refractivity contribution in [2.75, 3.05) is 20.8 Å². The number of benzene rings is 1. The number of carbonyl (C=O) groups excluding carboxylic acids is 2. The summed E-state index contributed by atoms with van der Waals surface area (Å²) in [5.74, 6) is 0.437. The molecule has 0 spiro atoms. The summed E-state index contributed by atoms with van der Waals surface area (Å²) in [6, 6.07) is 9.11. The van der Waals surface area contributed by atoms with Gasteiger partial charge in [0.05, 0.1) is 19.8 Å². The zero-order chi connectivity index (χ0) is 18.0. The van der Waals surface area contributed by atoms with Gasteiger partial charge in [-0.05, 0) is 35.6 Å². The standard InChI is InChI=1S/C18H16ClNO4S/c1-23-12-6-5-11(10-13(12)24-2)7-8-20-17(21)15(16(19)18(20)22)14-4-3-9-25-14/h3-6,9-10H,7-8H2,1-2H3. The number of imide groups is 1. The van der Waals surface area contributed by atoms with Gasteiger partial charge in [-0.3, -0.25) is 14.5 Å². The van der Waals surface area contributed by atoms with Gasteiger partial charge in [0, 0.05) is 11.4 Å². The van der Waals surface area contributed by atoms with Gasteiger partial charge in [-0.25, -0.2) is 0 Å². The van der Waals surface area contributed by atoms with E-state index in [2.05, 4.69) is 0 Å². The van der Waals surface area contributed by atoms with Gasteiger partial charge in [0.15, 0.2) is 11.5 Å². The van der Waals surface area contributed by atoms with E-state index in [9.17, 15) is 9.59 Å². The van der Waals surface area contributed by atoms with Crippen LogP contribution < -0.4 is 9.47 Å². The second-order valence-corrected chi connectivity index (χ2v) is 6.69. The third-order valence-corrected chi connectivity index (χ3v) is 5.19. The van der Waals surface area contributed by atoms with Gasteiger partial charge < -0.3 is 9.47 Å². The third kappa shape index (κ3) is 3.27. The molecule has 1 aromatic heterocycles. The molecule has 0 bridgehead atoms. The Bertz CT molecular complexity index is 845. The molecule has 1 aliphatic rings. The van der Waals surface area contributed by atoms with Gasteiger partial charge in [0.2, 0.25) is 0 Å². The van der Waals surface area contributed by atoms with Gasteiger partial charge in [0.25, 0.3) is 11.8 Å². The van der Waals surface area contributed by atoms with E-state index in [-0.39, 0.29) is 23.1 Å². The average molecular weight is 378 g/mol. The molecule has 2 aromatic rings. The Balaban J connectivity index is 1.75. The maximum atomic E-state index is 12.6. The fraction of sp³-hybridized carbons (Fsp3) is 0.222. The predicted molar refractivity (Wildman–Crippen MR) is 97.1 cm³/mol. The lowest BCUT2D eigenvalue weighted by molar-refractivity contribution is -0.136. The maximum absolute atomic E-state index is 12.6. The Morgan fingerprint density at radius 2 is 1.84 bits per heavy atom. The fourth-order valence-electron chi connectivity index (χ4n) is 2.66. The van der Waals surface area contributed by atoms with Gasteiger partial charge >= 0.3 is 0 Å². The molecule has 1 aromatic carbocycles. The Hall–Kier alpha value is -2.31. The van der Waals surface area contributed by atoms with Crippen molar-refractivity contribution in [3.63, 3.8) is 0 Å². The number of hydrogen-bond donors (Lipinski definition) is 0. The molecule has 1 aliphatic heterocycles. The van der Waals surface area contributed by atoms with Crippen LogP contribution in [0.2, 0.25) is 0 Å². The van der Waals surface area contributed by atoms with E-state index >= 15 is 0 Å². The van der Waals surface area contributed by atoms with E-state index in [0.717, 1.165) is 5.56 Å². The lowest BCUT2D eigenvalue weighted by atomic mass is 10.1. The number of ether oxygens (including phenoxy) is 2. The van der Waals surface area contributed by atoms with Crippen LogP contribution in [-0.2, 0) is 16.0 Å².